The third-order valence-electron chi connectivity index (χ3n) is 6.37. The molecule has 10 heteroatoms. The summed E-state index contributed by atoms with van der Waals surface area (Å²) in [4.78, 5) is 17.7. The second-order valence-corrected chi connectivity index (χ2v) is 9.09. The number of carbonyl (C=O) groups is 1. The molecule has 3 heterocycles. The number of halogens is 3. The summed E-state index contributed by atoms with van der Waals surface area (Å²) in [6.07, 6.45) is -2.73. The molecular weight excluding hydrogens is 493 g/mol. The van der Waals surface area contributed by atoms with Crippen LogP contribution in [-0.2, 0) is 17.9 Å². The lowest BCUT2D eigenvalue weighted by molar-refractivity contribution is -0.116. The van der Waals surface area contributed by atoms with Crippen LogP contribution < -0.4 is 5.32 Å². The zero-order valence-electron chi connectivity index (χ0n) is 21.0. The summed E-state index contributed by atoms with van der Waals surface area (Å²) in [5.74, 6) is -0.741. The van der Waals surface area contributed by atoms with E-state index in [9.17, 15) is 18.0 Å². The average molecular weight is 519 g/mol. The quantitative estimate of drug-likeness (QED) is 0.287. The standard InChI is InChI=1S/C28H25F3N6O/c1-16-25-22(27(30)31)13-23(20-9-5-4-6-10-20)32-28(25)37(34-16)15-24(38)33-26-17(2)35-36(18(26)3)14-19-8-7-11-21(29)12-19/h4-13,27H,14-15H2,1-3H3,(H,33,38). The topological polar surface area (TPSA) is 77.6 Å². The van der Waals surface area contributed by atoms with Crippen molar-refractivity contribution in [2.24, 2.45) is 0 Å². The minimum absolute atomic E-state index is 0.177. The molecule has 7 nitrogen and oxygen atoms in total. The number of alkyl halides is 2. The molecule has 5 aromatic rings. The molecule has 0 saturated carbocycles. The van der Waals surface area contributed by atoms with Crippen molar-refractivity contribution in [3.05, 3.63) is 94.7 Å². The van der Waals surface area contributed by atoms with Crippen molar-refractivity contribution >= 4 is 22.6 Å². The summed E-state index contributed by atoms with van der Waals surface area (Å²) in [6, 6.07) is 16.6. The van der Waals surface area contributed by atoms with Gasteiger partial charge in [0.05, 0.1) is 40.4 Å². The van der Waals surface area contributed by atoms with Crippen molar-refractivity contribution in [3.8, 4) is 11.3 Å². The number of pyridine rings is 1. The van der Waals surface area contributed by atoms with E-state index in [2.05, 4.69) is 20.5 Å². The second-order valence-electron chi connectivity index (χ2n) is 9.09. The Balaban J connectivity index is 1.44. The van der Waals surface area contributed by atoms with Gasteiger partial charge in [0.2, 0.25) is 5.91 Å². The molecule has 0 fully saturated rings. The molecule has 1 amide bonds. The van der Waals surface area contributed by atoms with Crippen molar-refractivity contribution in [1.29, 1.82) is 0 Å². The SMILES string of the molecule is Cc1nn(Cc2cccc(F)c2)c(C)c1NC(=O)Cn1nc(C)c2c(C(F)F)cc(-c3ccccc3)nc21. The molecule has 1 N–H and O–H groups in total. The van der Waals surface area contributed by atoms with Gasteiger partial charge in [-0.05, 0) is 44.5 Å². The molecule has 38 heavy (non-hydrogen) atoms. The second kappa shape index (κ2) is 10.1. The molecule has 0 aliphatic rings. The Morgan fingerprint density at radius 1 is 0.947 bits per heavy atom. The lowest BCUT2D eigenvalue weighted by atomic mass is 10.1. The number of aryl methyl sites for hydroxylation is 2. The number of hydrogen-bond donors (Lipinski definition) is 1. The number of nitrogens with one attached hydrogen (secondary N) is 1. The maximum Gasteiger partial charge on any atom is 0.264 e. The number of hydrogen-bond acceptors (Lipinski definition) is 4. The molecule has 0 bridgehead atoms. The van der Waals surface area contributed by atoms with Gasteiger partial charge in [-0.2, -0.15) is 10.2 Å². The van der Waals surface area contributed by atoms with Crippen LogP contribution >= 0.6 is 0 Å². The Morgan fingerprint density at radius 2 is 1.68 bits per heavy atom. The van der Waals surface area contributed by atoms with E-state index < -0.39 is 12.3 Å². The van der Waals surface area contributed by atoms with Gasteiger partial charge in [0, 0.05) is 11.1 Å². The highest BCUT2D eigenvalue weighted by molar-refractivity contribution is 5.93. The van der Waals surface area contributed by atoms with Gasteiger partial charge in [-0.25, -0.2) is 22.8 Å². The Bertz CT molecular complexity index is 1640. The number of carbonyl (C=O) groups excluding carboxylic acids is 1. The van der Waals surface area contributed by atoms with Crippen molar-refractivity contribution in [2.75, 3.05) is 5.32 Å². The number of amides is 1. The van der Waals surface area contributed by atoms with Crippen LogP contribution in [0.15, 0.2) is 60.7 Å². The number of aromatic nitrogens is 5. The number of anilines is 1. The molecule has 0 aliphatic carbocycles. The highest BCUT2D eigenvalue weighted by Crippen LogP contribution is 2.33. The summed E-state index contributed by atoms with van der Waals surface area (Å²) in [7, 11) is 0. The van der Waals surface area contributed by atoms with Gasteiger partial charge in [0.1, 0.15) is 12.4 Å². The molecule has 3 aromatic heterocycles. The van der Waals surface area contributed by atoms with E-state index >= 15 is 0 Å². The lowest BCUT2D eigenvalue weighted by Gasteiger charge is -2.10. The number of nitrogens with zero attached hydrogens (tertiary/aromatic N) is 5. The predicted molar refractivity (Wildman–Crippen MR) is 138 cm³/mol. The minimum Gasteiger partial charge on any atom is -0.321 e. The van der Waals surface area contributed by atoms with Gasteiger partial charge in [0.15, 0.2) is 5.65 Å². The normalized spacial score (nSPS) is 11.4. The molecule has 2 aromatic carbocycles. The molecule has 0 aliphatic heterocycles. The van der Waals surface area contributed by atoms with Crippen LogP contribution in [-0.4, -0.2) is 30.5 Å². The zero-order valence-corrected chi connectivity index (χ0v) is 21.0. The molecular formula is C28H25F3N6O. The first-order valence-electron chi connectivity index (χ1n) is 12.0. The van der Waals surface area contributed by atoms with Gasteiger partial charge < -0.3 is 5.32 Å². The number of fused-ring (bicyclic) bond motifs is 1. The van der Waals surface area contributed by atoms with Crippen molar-refractivity contribution in [1.82, 2.24) is 24.5 Å². The highest BCUT2D eigenvalue weighted by atomic mass is 19.3. The first-order valence-corrected chi connectivity index (χ1v) is 12.0. The molecule has 0 spiro atoms. The zero-order chi connectivity index (χ0) is 27.0. The highest BCUT2D eigenvalue weighted by Gasteiger charge is 2.23. The molecule has 5 rings (SSSR count). The van der Waals surface area contributed by atoms with E-state index in [4.69, 9.17) is 0 Å². The van der Waals surface area contributed by atoms with E-state index in [0.29, 0.717) is 40.6 Å². The summed E-state index contributed by atoms with van der Waals surface area (Å²) >= 11 is 0. The predicted octanol–water partition coefficient (Wildman–Crippen LogP) is 5.98. The van der Waals surface area contributed by atoms with Gasteiger partial charge in [-0.1, -0.05) is 42.5 Å². The van der Waals surface area contributed by atoms with E-state index in [-0.39, 0.29) is 29.0 Å². The fourth-order valence-electron chi connectivity index (χ4n) is 4.58. The maximum atomic E-state index is 14.0. The monoisotopic (exact) mass is 518 g/mol. The number of rotatable bonds is 7. The molecule has 0 saturated heterocycles. The fourth-order valence-corrected chi connectivity index (χ4v) is 4.58. The summed E-state index contributed by atoms with van der Waals surface area (Å²) in [5, 5.41) is 12.0. The first-order chi connectivity index (χ1) is 18.2. The first kappa shape index (κ1) is 25.2. The molecule has 0 radical (unpaired) electrons. The van der Waals surface area contributed by atoms with Gasteiger partial charge in [0.25, 0.3) is 6.43 Å². The van der Waals surface area contributed by atoms with Crippen LogP contribution in [0.3, 0.4) is 0 Å². The summed E-state index contributed by atoms with van der Waals surface area (Å²) in [6.45, 7) is 5.31. The van der Waals surface area contributed by atoms with Gasteiger partial charge >= 0.3 is 0 Å². The lowest BCUT2D eigenvalue weighted by Crippen LogP contribution is -2.20. The smallest absolute Gasteiger partial charge is 0.264 e. The fraction of sp³-hybridized carbons (Fsp3) is 0.214. The van der Waals surface area contributed by atoms with Crippen LogP contribution in [0.25, 0.3) is 22.3 Å². The van der Waals surface area contributed by atoms with Crippen LogP contribution in [0.1, 0.15) is 34.6 Å². The molecule has 194 valence electrons. The van der Waals surface area contributed by atoms with E-state index in [1.165, 1.54) is 22.9 Å². The average Bonchev–Trinajstić information content (AvgIpc) is 3.34. The van der Waals surface area contributed by atoms with Crippen LogP contribution in [0, 0.1) is 26.6 Å². The van der Waals surface area contributed by atoms with E-state index in [1.807, 2.05) is 13.0 Å². The molecule has 0 unspecified atom stereocenters. The molecule has 0 atom stereocenters. The summed E-state index contributed by atoms with van der Waals surface area (Å²) < 4.78 is 44.7. The Labute approximate surface area is 216 Å². The van der Waals surface area contributed by atoms with Crippen LogP contribution in [0.4, 0.5) is 18.9 Å². The third kappa shape index (κ3) is 4.89. The van der Waals surface area contributed by atoms with Gasteiger partial charge in [-0.15, -0.1) is 0 Å². The summed E-state index contributed by atoms with van der Waals surface area (Å²) in [5.41, 5.74) is 4.03. The van der Waals surface area contributed by atoms with Crippen LogP contribution in [0.2, 0.25) is 0 Å². The third-order valence-corrected chi connectivity index (χ3v) is 6.37. The van der Waals surface area contributed by atoms with Gasteiger partial charge in [-0.3, -0.25) is 9.48 Å². The number of benzene rings is 2. The Kier molecular flexibility index (Phi) is 6.71. The van der Waals surface area contributed by atoms with Crippen molar-refractivity contribution < 1.29 is 18.0 Å². The van der Waals surface area contributed by atoms with Crippen LogP contribution in [0.5, 0.6) is 0 Å². The maximum absolute atomic E-state index is 14.0. The van der Waals surface area contributed by atoms with E-state index in [0.717, 1.165) is 5.56 Å². The largest absolute Gasteiger partial charge is 0.321 e. The minimum atomic E-state index is -2.73. The Morgan fingerprint density at radius 3 is 2.39 bits per heavy atom. The van der Waals surface area contributed by atoms with Crippen molar-refractivity contribution in [3.63, 3.8) is 0 Å². The van der Waals surface area contributed by atoms with E-state index in [1.54, 1.807) is 54.9 Å². The van der Waals surface area contributed by atoms with Crippen molar-refractivity contribution in [2.45, 2.75) is 40.3 Å². The Hall–Kier alpha value is -4.47.